The largest absolute Gasteiger partial charge is 0.352 e. The van der Waals surface area contributed by atoms with Crippen molar-refractivity contribution in [2.24, 2.45) is 0 Å². The molecule has 1 atom stereocenters. The highest BCUT2D eigenvalue weighted by atomic mass is 16.2. The molecule has 98 valence electrons. The minimum Gasteiger partial charge on any atom is -0.352 e. The molecular weight excluding hydrogens is 218 g/mol. The van der Waals surface area contributed by atoms with Gasteiger partial charge in [-0.2, -0.15) is 0 Å². The quantitative estimate of drug-likeness (QED) is 0.642. The zero-order valence-electron chi connectivity index (χ0n) is 10.7. The highest BCUT2D eigenvalue weighted by Crippen LogP contribution is 2.09. The van der Waals surface area contributed by atoms with Crippen LogP contribution in [0.4, 0.5) is 0 Å². The Morgan fingerprint density at radius 3 is 2.65 bits per heavy atom. The third kappa shape index (κ3) is 6.26. The second-order valence-corrected chi connectivity index (χ2v) is 4.85. The maximum absolute atomic E-state index is 11.6. The lowest BCUT2D eigenvalue weighted by Gasteiger charge is -2.22. The molecule has 0 aromatic rings. The highest BCUT2D eigenvalue weighted by molar-refractivity contribution is 5.84. The molecule has 0 aliphatic carbocycles. The number of carbonyl (C=O) groups excluding carboxylic acids is 2. The topological polar surface area (TPSA) is 70.2 Å². The first kappa shape index (κ1) is 14.0. The van der Waals surface area contributed by atoms with Crippen LogP contribution in [0.1, 0.15) is 39.5 Å². The summed E-state index contributed by atoms with van der Waals surface area (Å²) >= 11 is 0. The van der Waals surface area contributed by atoms with E-state index in [-0.39, 0.29) is 30.4 Å². The molecule has 1 aliphatic heterocycles. The van der Waals surface area contributed by atoms with Crippen LogP contribution in [0.5, 0.6) is 0 Å². The number of hydrogen-bond donors (Lipinski definition) is 3. The molecule has 0 spiro atoms. The molecule has 0 aromatic heterocycles. The van der Waals surface area contributed by atoms with E-state index in [1.165, 1.54) is 12.8 Å². The van der Waals surface area contributed by atoms with Crippen molar-refractivity contribution in [3.8, 4) is 0 Å². The van der Waals surface area contributed by atoms with Gasteiger partial charge in [-0.15, -0.1) is 0 Å². The lowest BCUT2D eigenvalue weighted by atomic mass is 10.0. The summed E-state index contributed by atoms with van der Waals surface area (Å²) in [7, 11) is 0. The smallest absolute Gasteiger partial charge is 0.239 e. The fraction of sp³-hybridized carbons (Fsp3) is 0.833. The van der Waals surface area contributed by atoms with Gasteiger partial charge < -0.3 is 16.0 Å². The van der Waals surface area contributed by atoms with Gasteiger partial charge in [0.15, 0.2) is 0 Å². The van der Waals surface area contributed by atoms with Crippen molar-refractivity contribution in [1.82, 2.24) is 16.0 Å². The van der Waals surface area contributed by atoms with E-state index in [1.807, 2.05) is 13.8 Å². The highest BCUT2D eigenvalue weighted by Gasteiger charge is 2.16. The first-order valence-corrected chi connectivity index (χ1v) is 6.37. The zero-order valence-corrected chi connectivity index (χ0v) is 10.7. The molecule has 17 heavy (non-hydrogen) atoms. The van der Waals surface area contributed by atoms with Crippen molar-refractivity contribution in [2.45, 2.75) is 51.6 Å². The molecule has 0 radical (unpaired) electrons. The molecule has 1 saturated heterocycles. The van der Waals surface area contributed by atoms with Gasteiger partial charge >= 0.3 is 0 Å². The van der Waals surface area contributed by atoms with Crippen LogP contribution in [0.2, 0.25) is 0 Å². The maximum atomic E-state index is 11.6. The van der Waals surface area contributed by atoms with Crippen LogP contribution < -0.4 is 16.0 Å². The Morgan fingerprint density at radius 1 is 1.29 bits per heavy atom. The van der Waals surface area contributed by atoms with Crippen molar-refractivity contribution in [2.75, 3.05) is 13.1 Å². The van der Waals surface area contributed by atoms with Crippen LogP contribution >= 0.6 is 0 Å². The van der Waals surface area contributed by atoms with Gasteiger partial charge in [0, 0.05) is 18.5 Å². The predicted octanol–water partition coefficient (Wildman–Crippen LogP) is 0.159. The maximum Gasteiger partial charge on any atom is 0.239 e. The molecule has 0 bridgehead atoms. The van der Waals surface area contributed by atoms with E-state index < -0.39 is 0 Å². The molecule has 1 fully saturated rings. The van der Waals surface area contributed by atoms with E-state index in [0.717, 1.165) is 13.0 Å². The Labute approximate surface area is 103 Å². The number of rotatable bonds is 5. The van der Waals surface area contributed by atoms with Crippen molar-refractivity contribution in [1.29, 1.82) is 0 Å². The summed E-state index contributed by atoms with van der Waals surface area (Å²) in [6.45, 7) is 4.85. The van der Waals surface area contributed by atoms with Crippen molar-refractivity contribution >= 4 is 11.8 Å². The molecule has 1 aliphatic rings. The van der Waals surface area contributed by atoms with Crippen LogP contribution in [0.15, 0.2) is 0 Å². The second kappa shape index (κ2) is 7.27. The third-order valence-corrected chi connectivity index (χ3v) is 2.74. The minimum atomic E-state index is -0.134. The van der Waals surface area contributed by atoms with Crippen LogP contribution in [0.25, 0.3) is 0 Å². The summed E-state index contributed by atoms with van der Waals surface area (Å²) < 4.78 is 0. The van der Waals surface area contributed by atoms with Crippen LogP contribution in [0, 0.1) is 0 Å². The van der Waals surface area contributed by atoms with Gasteiger partial charge in [-0.3, -0.25) is 9.59 Å². The fourth-order valence-electron chi connectivity index (χ4n) is 1.95. The lowest BCUT2D eigenvalue weighted by Crippen LogP contribution is -2.43. The monoisotopic (exact) mass is 241 g/mol. The summed E-state index contributed by atoms with van der Waals surface area (Å²) in [5.41, 5.74) is 0. The van der Waals surface area contributed by atoms with Gasteiger partial charge in [0.05, 0.1) is 6.54 Å². The molecule has 0 saturated carbocycles. The number of amides is 2. The van der Waals surface area contributed by atoms with E-state index in [2.05, 4.69) is 16.0 Å². The summed E-state index contributed by atoms with van der Waals surface area (Å²) in [6, 6.07) is 0.385. The molecule has 2 amide bonds. The van der Waals surface area contributed by atoms with E-state index in [0.29, 0.717) is 6.42 Å². The predicted molar refractivity (Wildman–Crippen MR) is 66.5 cm³/mol. The Hall–Kier alpha value is -1.10. The van der Waals surface area contributed by atoms with E-state index >= 15 is 0 Å². The fourth-order valence-corrected chi connectivity index (χ4v) is 1.95. The molecule has 1 rings (SSSR count). The zero-order chi connectivity index (χ0) is 12.7. The summed E-state index contributed by atoms with van der Waals surface area (Å²) in [4.78, 5) is 22.9. The lowest BCUT2D eigenvalue weighted by molar-refractivity contribution is -0.126. The van der Waals surface area contributed by atoms with Gasteiger partial charge in [0.25, 0.3) is 0 Å². The average Bonchev–Trinajstić information content (AvgIpc) is 2.27. The van der Waals surface area contributed by atoms with Crippen LogP contribution in [0.3, 0.4) is 0 Å². The normalized spacial score (nSPS) is 20.1. The second-order valence-electron chi connectivity index (χ2n) is 4.85. The Balaban J connectivity index is 2.14. The van der Waals surface area contributed by atoms with Crippen molar-refractivity contribution < 1.29 is 9.59 Å². The molecule has 1 heterocycles. The first-order valence-electron chi connectivity index (χ1n) is 6.37. The Morgan fingerprint density at radius 2 is 2.06 bits per heavy atom. The summed E-state index contributed by atoms with van der Waals surface area (Å²) in [5.74, 6) is -0.187. The first-order chi connectivity index (χ1) is 8.08. The van der Waals surface area contributed by atoms with E-state index in [9.17, 15) is 9.59 Å². The molecule has 3 N–H and O–H groups in total. The van der Waals surface area contributed by atoms with Crippen LogP contribution in [-0.2, 0) is 9.59 Å². The van der Waals surface area contributed by atoms with Gasteiger partial charge in [-0.1, -0.05) is 6.42 Å². The molecule has 5 nitrogen and oxygen atoms in total. The van der Waals surface area contributed by atoms with E-state index in [1.54, 1.807) is 0 Å². The standard InChI is InChI=1S/C12H23N3O2/c1-9(2)15-12(17)8-14-11(16)7-10-5-3-4-6-13-10/h9-10,13H,3-8H2,1-2H3,(H,14,16)(H,15,17). The van der Waals surface area contributed by atoms with Crippen molar-refractivity contribution in [3.63, 3.8) is 0 Å². The molecular formula is C12H23N3O2. The number of hydrogen-bond acceptors (Lipinski definition) is 3. The number of carbonyl (C=O) groups is 2. The number of nitrogens with one attached hydrogen (secondary N) is 3. The Kier molecular flexibility index (Phi) is 5.97. The molecule has 0 aromatic carbocycles. The SMILES string of the molecule is CC(C)NC(=O)CNC(=O)CC1CCCCN1. The van der Waals surface area contributed by atoms with Gasteiger partial charge in [0.2, 0.25) is 11.8 Å². The van der Waals surface area contributed by atoms with Crippen LogP contribution in [-0.4, -0.2) is 37.0 Å². The van der Waals surface area contributed by atoms with E-state index in [4.69, 9.17) is 0 Å². The average molecular weight is 241 g/mol. The third-order valence-electron chi connectivity index (χ3n) is 2.74. The van der Waals surface area contributed by atoms with Gasteiger partial charge in [-0.25, -0.2) is 0 Å². The summed E-state index contributed by atoms with van der Waals surface area (Å²) in [5, 5.41) is 8.69. The van der Waals surface area contributed by atoms with Gasteiger partial charge in [-0.05, 0) is 33.2 Å². The molecule has 5 heteroatoms. The molecule has 1 unspecified atom stereocenters. The van der Waals surface area contributed by atoms with Crippen molar-refractivity contribution in [3.05, 3.63) is 0 Å². The Bertz CT molecular complexity index is 260. The minimum absolute atomic E-state index is 0.0525. The summed E-state index contributed by atoms with van der Waals surface area (Å²) in [6.07, 6.45) is 3.88. The number of piperidine rings is 1. The van der Waals surface area contributed by atoms with Gasteiger partial charge in [0.1, 0.15) is 0 Å².